The van der Waals surface area contributed by atoms with E-state index in [2.05, 4.69) is 20.7 Å². The molecule has 0 saturated carbocycles. The number of methoxy groups -OCH3 is 1. The lowest BCUT2D eigenvalue weighted by Crippen LogP contribution is -2.08. The fourth-order valence-corrected chi connectivity index (χ4v) is 1.52. The van der Waals surface area contributed by atoms with Crippen LogP contribution in [0.25, 0.3) is 0 Å². The average molecular weight is 275 g/mol. The number of ether oxygens (including phenoxy) is 1. The van der Waals surface area contributed by atoms with Gasteiger partial charge < -0.3 is 14.9 Å². The molecule has 1 aromatic carbocycles. The predicted octanol–water partition coefficient (Wildman–Crippen LogP) is 1.75. The minimum absolute atomic E-state index is 0.0467. The van der Waals surface area contributed by atoms with Gasteiger partial charge in [-0.3, -0.25) is 4.79 Å². The van der Waals surface area contributed by atoms with Crippen LogP contribution < -0.4 is 0 Å². The fourth-order valence-electron chi connectivity index (χ4n) is 1.14. The summed E-state index contributed by atoms with van der Waals surface area (Å²) in [7, 11) is 1.25. The standard InChI is InChI=1S/C10H11BrO4/c1-15-10(14)5-9(13)7-4-6(11)2-3-8(7)12/h2-4,9,12-13H,5H2,1H3/t9-/m1/s1. The average Bonchev–Trinajstić information content (AvgIpc) is 2.21. The van der Waals surface area contributed by atoms with Gasteiger partial charge in [-0.15, -0.1) is 0 Å². The summed E-state index contributed by atoms with van der Waals surface area (Å²) in [6.07, 6.45) is -1.24. The summed E-state index contributed by atoms with van der Waals surface area (Å²) in [4.78, 5) is 10.9. The van der Waals surface area contributed by atoms with Crippen molar-refractivity contribution in [2.24, 2.45) is 0 Å². The smallest absolute Gasteiger partial charge is 0.308 e. The molecule has 0 bridgehead atoms. The number of benzene rings is 1. The SMILES string of the molecule is COC(=O)C[C@@H](O)c1cc(Br)ccc1O. The van der Waals surface area contributed by atoms with Crippen molar-refractivity contribution in [2.75, 3.05) is 7.11 Å². The Labute approximate surface area is 95.6 Å². The normalized spacial score (nSPS) is 12.2. The lowest BCUT2D eigenvalue weighted by Gasteiger charge is -2.11. The maximum Gasteiger partial charge on any atom is 0.308 e. The van der Waals surface area contributed by atoms with Crippen molar-refractivity contribution in [3.63, 3.8) is 0 Å². The number of aliphatic hydroxyl groups excluding tert-OH is 1. The Kier molecular flexibility index (Phi) is 4.11. The van der Waals surface area contributed by atoms with Crippen molar-refractivity contribution in [1.29, 1.82) is 0 Å². The van der Waals surface area contributed by atoms with Gasteiger partial charge in [0, 0.05) is 10.0 Å². The van der Waals surface area contributed by atoms with E-state index in [1.165, 1.54) is 13.2 Å². The van der Waals surface area contributed by atoms with Crippen LogP contribution in [-0.4, -0.2) is 23.3 Å². The number of aliphatic hydroxyl groups is 1. The van der Waals surface area contributed by atoms with Gasteiger partial charge in [0.15, 0.2) is 0 Å². The van der Waals surface area contributed by atoms with E-state index in [9.17, 15) is 15.0 Å². The molecule has 1 rings (SSSR count). The summed E-state index contributed by atoms with van der Waals surface area (Å²) in [5.41, 5.74) is 0.301. The summed E-state index contributed by atoms with van der Waals surface area (Å²) < 4.78 is 5.14. The third-order valence-corrected chi connectivity index (χ3v) is 2.43. The molecule has 0 aliphatic carbocycles. The lowest BCUT2D eigenvalue weighted by atomic mass is 10.1. The highest BCUT2D eigenvalue weighted by molar-refractivity contribution is 9.10. The van der Waals surface area contributed by atoms with Crippen molar-refractivity contribution < 1.29 is 19.7 Å². The first-order valence-corrected chi connectivity index (χ1v) is 5.07. The molecule has 5 heteroatoms. The van der Waals surface area contributed by atoms with Crippen LogP contribution in [0.3, 0.4) is 0 Å². The number of phenolic OH excluding ortho intramolecular Hbond substituents is 1. The fraction of sp³-hybridized carbons (Fsp3) is 0.300. The monoisotopic (exact) mass is 274 g/mol. The number of halogens is 1. The van der Waals surface area contributed by atoms with E-state index in [4.69, 9.17) is 0 Å². The first-order valence-electron chi connectivity index (χ1n) is 4.28. The molecule has 2 N–H and O–H groups in total. The zero-order valence-electron chi connectivity index (χ0n) is 8.11. The van der Waals surface area contributed by atoms with E-state index < -0.39 is 12.1 Å². The number of phenols is 1. The van der Waals surface area contributed by atoms with Crippen LogP contribution in [0.2, 0.25) is 0 Å². The molecule has 0 saturated heterocycles. The molecule has 0 spiro atoms. The number of hydrogen-bond donors (Lipinski definition) is 2. The van der Waals surface area contributed by atoms with Crippen molar-refractivity contribution >= 4 is 21.9 Å². The molecule has 0 heterocycles. The summed E-state index contributed by atoms with van der Waals surface area (Å²) in [6.45, 7) is 0. The van der Waals surface area contributed by atoms with Crippen LogP contribution in [0.5, 0.6) is 5.75 Å². The third-order valence-electron chi connectivity index (χ3n) is 1.94. The summed E-state index contributed by atoms with van der Waals surface area (Å²) >= 11 is 3.21. The van der Waals surface area contributed by atoms with E-state index >= 15 is 0 Å². The van der Waals surface area contributed by atoms with Crippen LogP contribution in [-0.2, 0) is 9.53 Å². The number of esters is 1. The van der Waals surface area contributed by atoms with Crippen molar-refractivity contribution in [2.45, 2.75) is 12.5 Å². The maximum absolute atomic E-state index is 10.9. The summed E-state index contributed by atoms with van der Waals surface area (Å²) in [5.74, 6) is -0.573. The predicted molar refractivity (Wildman–Crippen MR) is 57.4 cm³/mol. The highest BCUT2D eigenvalue weighted by atomic mass is 79.9. The first-order chi connectivity index (χ1) is 7.04. The molecule has 1 atom stereocenters. The van der Waals surface area contributed by atoms with Gasteiger partial charge in [-0.2, -0.15) is 0 Å². The van der Waals surface area contributed by atoms with Crippen LogP contribution in [0.4, 0.5) is 0 Å². The van der Waals surface area contributed by atoms with Gasteiger partial charge in [-0.05, 0) is 18.2 Å². The number of hydrogen-bond acceptors (Lipinski definition) is 4. The quantitative estimate of drug-likeness (QED) is 0.825. The van der Waals surface area contributed by atoms with Gasteiger partial charge in [0.2, 0.25) is 0 Å². The Hall–Kier alpha value is -1.07. The molecule has 0 radical (unpaired) electrons. The van der Waals surface area contributed by atoms with Gasteiger partial charge in [0.1, 0.15) is 5.75 Å². The Bertz CT molecular complexity index is 364. The molecule has 4 nitrogen and oxygen atoms in total. The first kappa shape index (κ1) is 12.0. The van der Waals surface area contributed by atoms with Crippen molar-refractivity contribution in [3.05, 3.63) is 28.2 Å². The third kappa shape index (κ3) is 3.21. The second-order valence-electron chi connectivity index (χ2n) is 3.00. The van der Waals surface area contributed by atoms with Crippen LogP contribution in [0, 0.1) is 0 Å². The van der Waals surface area contributed by atoms with Crippen LogP contribution in [0.15, 0.2) is 22.7 Å². The van der Waals surface area contributed by atoms with Crippen molar-refractivity contribution in [1.82, 2.24) is 0 Å². The minimum atomic E-state index is -1.06. The van der Waals surface area contributed by atoms with Gasteiger partial charge in [0.25, 0.3) is 0 Å². The minimum Gasteiger partial charge on any atom is -0.508 e. The van der Waals surface area contributed by atoms with E-state index in [-0.39, 0.29) is 12.2 Å². The Morgan fingerprint density at radius 2 is 2.27 bits per heavy atom. The summed E-state index contributed by atoms with van der Waals surface area (Å²) in [6, 6.07) is 4.65. The Morgan fingerprint density at radius 3 is 2.87 bits per heavy atom. The number of aromatic hydroxyl groups is 1. The maximum atomic E-state index is 10.9. The van der Waals surface area contributed by atoms with E-state index in [0.717, 1.165) is 4.47 Å². The van der Waals surface area contributed by atoms with Crippen LogP contribution >= 0.6 is 15.9 Å². The van der Waals surface area contributed by atoms with Gasteiger partial charge in [-0.1, -0.05) is 15.9 Å². The van der Waals surface area contributed by atoms with Gasteiger partial charge in [-0.25, -0.2) is 0 Å². The Balaban J connectivity index is 2.85. The Morgan fingerprint density at radius 1 is 1.60 bits per heavy atom. The van der Waals surface area contributed by atoms with Crippen molar-refractivity contribution in [3.8, 4) is 5.75 Å². The molecule has 0 aliphatic heterocycles. The molecular formula is C10H11BrO4. The second kappa shape index (κ2) is 5.14. The van der Waals surface area contributed by atoms with E-state index in [0.29, 0.717) is 5.56 Å². The summed E-state index contributed by atoms with van der Waals surface area (Å²) in [5, 5.41) is 19.1. The van der Waals surface area contributed by atoms with Crippen LogP contribution in [0.1, 0.15) is 18.1 Å². The number of carbonyl (C=O) groups excluding carboxylic acids is 1. The zero-order valence-corrected chi connectivity index (χ0v) is 9.69. The molecule has 0 unspecified atom stereocenters. The molecule has 15 heavy (non-hydrogen) atoms. The molecule has 0 aromatic heterocycles. The number of carbonyl (C=O) groups is 1. The zero-order chi connectivity index (χ0) is 11.4. The van der Waals surface area contributed by atoms with E-state index in [1.54, 1.807) is 12.1 Å². The van der Waals surface area contributed by atoms with Gasteiger partial charge in [0.05, 0.1) is 19.6 Å². The molecule has 82 valence electrons. The number of rotatable bonds is 3. The highest BCUT2D eigenvalue weighted by Crippen LogP contribution is 2.29. The van der Waals surface area contributed by atoms with Gasteiger partial charge >= 0.3 is 5.97 Å². The molecule has 0 amide bonds. The highest BCUT2D eigenvalue weighted by Gasteiger charge is 2.16. The topological polar surface area (TPSA) is 66.8 Å². The largest absolute Gasteiger partial charge is 0.508 e. The second-order valence-corrected chi connectivity index (χ2v) is 3.91. The molecule has 0 aliphatic rings. The molecule has 0 fully saturated rings. The lowest BCUT2D eigenvalue weighted by molar-refractivity contribution is -0.142. The molecule has 1 aromatic rings. The van der Waals surface area contributed by atoms with E-state index in [1.807, 2.05) is 0 Å². The molecular weight excluding hydrogens is 264 g/mol.